The van der Waals surface area contributed by atoms with Crippen LogP contribution in [-0.4, -0.2) is 18.9 Å². The van der Waals surface area contributed by atoms with Crippen molar-refractivity contribution in [3.63, 3.8) is 0 Å². The van der Waals surface area contributed by atoms with Crippen LogP contribution in [-0.2, 0) is 10.2 Å². The molecular weight excluding hydrogens is 834 g/mol. The van der Waals surface area contributed by atoms with Gasteiger partial charge in [0.25, 0.3) is 0 Å². The fraction of sp³-hybridized carbons (Fsp3) is 0.0926. The van der Waals surface area contributed by atoms with E-state index in [1.54, 1.807) is 0 Å². The van der Waals surface area contributed by atoms with Crippen LogP contribution in [0.1, 0.15) is 35.1 Å². The molecule has 0 bridgehead atoms. The average Bonchev–Trinajstić information content (AvgIpc) is 3.97. The highest BCUT2D eigenvalue weighted by molar-refractivity contribution is 14.1. The van der Waals surface area contributed by atoms with Crippen molar-refractivity contribution in [1.29, 1.82) is 0 Å². The maximum absolute atomic E-state index is 12.3. The van der Waals surface area contributed by atoms with Gasteiger partial charge < -0.3 is 19.5 Å². The number of aldehydes is 1. The standard InChI is InChI=1S/C54H40IN3O/c55-37-22-29-47-49-30-27-43(56-32-12-19-45(56)36-59)34-52(49)54(51(47)33-37)50-21-11-10-20-46(50)48-31-28-44(35-53(48)54)58(40-17-8-3-9-18-40)42-25-23-41(24-26-42)57(38-13-4-1-5-14-38)39-15-6-2-7-16-39/h1-11,13-18,20-31,33-36,45H,12,19,32H2/t45-,54?/m0/s1. The highest BCUT2D eigenvalue weighted by atomic mass is 127. The molecule has 11 rings (SSSR count). The summed E-state index contributed by atoms with van der Waals surface area (Å²) in [4.78, 5) is 19.3. The smallest absolute Gasteiger partial charge is 0.142 e. The lowest BCUT2D eigenvalue weighted by atomic mass is 9.70. The number of carbonyl (C=O) groups is 1. The van der Waals surface area contributed by atoms with E-state index in [-0.39, 0.29) is 6.04 Å². The Hall–Kier alpha value is -6.44. The van der Waals surface area contributed by atoms with Crippen LogP contribution in [0.4, 0.5) is 39.8 Å². The molecule has 0 aromatic heterocycles. The Kier molecular flexibility index (Phi) is 8.73. The highest BCUT2D eigenvalue weighted by Crippen LogP contribution is 2.64. The summed E-state index contributed by atoms with van der Waals surface area (Å²) in [5.41, 5.74) is 17.3. The number of hydrogen-bond donors (Lipinski definition) is 0. The first-order chi connectivity index (χ1) is 29.1. The van der Waals surface area contributed by atoms with Crippen LogP contribution >= 0.6 is 22.6 Å². The molecule has 2 aliphatic carbocycles. The normalized spacial score (nSPS) is 17.0. The Balaban J connectivity index is 1.10. The van der Waals surface area contributed by atoms with E-state index in [1.807, 2.05) is 0 Å². The minimum absolute atomic E-state index is 0.0956. The summed E-state index contributed by atoms with van der Waals surface area (Å²) < 4.78 is 1.21. The van der Waals surface area contributed by atoms with E-state index in [1.165, 1.54) is 48.1 Å². The summed E-state index contributed by atoms with van der Waals surface area (Å²) in [5, 5.41) is 0. The van der Waals surface area contributed by atoms with Crippen LogP contribution in [0.25, 0.3) is 22.3 Å². The van der Waals surface area contributed by atoms with Crippen molar-refractivity contribution < 1.29 is 4.79 Å². The maximum Gasteiger partial charge on any atom is 0.142 e. The zero-order valence-electron chi connectivity index (χ0n) is 32.4. The fourth-order valence-corrected chi connectivity index (χ4v) is 10.6. The minimum atomic E-state index is -0.543. The molecule has 0 radical (unpaired) electrons. The van der Waals surface area contributed by atoms with Gasteiger partial charge in [-0.25, -0.2) is 0 Å². The van der Waals surface area contributed by atoms with Crippen molar-refractivity contribution in [3.05, 3.63) is 220 Å². The number of hydrogen-bond acceptors (Lipinski definition) is 4. The number of halogens is 1. The summed E-state index contributed by atoms with van der Waals surface area (Å²) in [5.74, 6) is 0. The second-order valence-electron chi connectivity index (χ2n) is 15.7. The van der Waals surface area contributed by atoms with E-state index >= 15 is 0 Å². The summed E-state index contributed by atoms with van der Waals surface area (Å²) in [7, 11) is 0. The first kappa shape index (κ1) is 35.7. The SMILES string of the molecule is O=C[C@@H]1CCCN1c1ccc2c(c1)C1(c3ccccc3-c3ccc(N(c4ccccc4)c4ccc(N(c5ccccc5)c5ccccc5)cc4)cc31)c1cc(I)ccc1-2. The Labute approximate surface area is 359 Å². The maximum atomic E-state index is 12.3. The molecule has 1 fully saturated rings. The summed E-state index contributed by atoms with van der Waals surface area (Å²) in [6.45, 7) is 0.886. The molecule has 3 aliphatic rings. The zero-order chi connectivity index (χ0) is 39.5. The fourth-order valence-electron chi connectivity index (χ4n) is 10.1. The first-order valence-corrected chi connectivity index (χ1v) is 21.5. The monoisotopic (exact) mass is 873 g/mol. The number of nitrogens with zero attached hydrogens (tertiary/aromatic N) is 3. The van der Waals surface area contributed by atoms with E-state index in [9.17, 15) is 4.79 Å². The number of carbonyl (C=O) groups excluding carboxylic acids is 1. The van der Waals surface area contributed by atoms with Gasteiger partial charge in [-0.3, -0.25) is 0 Å². The highest BCUT2D eigenvalue weighted by Gasteiger charge is 2.52. The number of rotatable bonds is 8. The third-order valence-electron chi connectivity index (χ3n) is 12.6. The molecule has 2 atom stereocenters. The minimum Gasteiger partial charge on any atom is -0.362 e. The molecule has 1 heterocycles. The largest absolute Gasteiger partial charge is 0.362 e. The molecule has 1 saturated heterocycles. The van der Waals surface area contributed by atoms with Crippen molar-refractivity contribution in [2.75, 3.05) is 21.2 Å². The summed E-state index contributed by atoms with van der Waals surface area (Å²) in [6.07, 6.45) is 3.04. The van der Waals surface area contributed by atoms with Crippen molar-refractivity contribution in [2.24, 2.45) is 0 Å². The molecule has 0 N–H and O–H groups in total. The second kappa shape index (κ2) is 14.4. The Bertz CT molecular complexity index is 2820. The van der Waals surface area contributed by atoms with E-state index in [0.29, 0.717) is 0 Å². The Morgan fingerprint density at radius 2 is 0.932 bits per heavy atom. The summed E-state index contributed by atoms with van der Waals surface area (Å²) >= 11 is 2.48. The Morgan fingerprint density at radius 1 is 0.475 bits per heavy atom. The van der Waals surface area contributed by atoms with Gasteiger partial charge in [-0.15, -0.1) is 0 Å². The van der Waals surface area contributed by atoms with E-state index < -0.39 is 5.41 Å². The number of benzene rings is 8. The second-order valence-corrected chi connectivity index (χ2v) is 16.9. The molecule has 5 heteroatoms. The number of fused-ring (bicyclic) bond motifs is 10. The summed E-state index contributed by atoms with van der Waals surface area (Å²) in [6, 6.07) is 70.6. The van der Waals surface area contributed by atoms with Crippen molar-refractivity contribution in [1.82, 2.24) is 0 Å². The molecule has 8 aromatic carbocycles. The van der Waals surface area contributed by atoms with Crippen LogP contribution in [0.5, 0.6) is 0 Å². The average molecular weight is 874 g/mol. The molecular formula is C54H40IN3O. The van der Waals surface area contributed by atoms with Gasteiger partial charge >= 0.3 is 0 Å². The van der Waals surface area contributed by atoms with Crippen LogP contribution in [0.3, 0.4) is 0 Å². The molecule has 284 valence electrons. The number of anilines is 7. The van der Waals surface area contributed by atoms with Gasteiger partial charge in [-0.05, 0) is 177 Å². The first-order valence-electron chi connectivity index (χ1n) is 20.4. The molecule has 4 nitrogen and oxygen atoms in total. The quantitative estimate of drug-likeness (QED) is 0.112. The van der Waals surface area contributed by atoms with Crippen LogP contribution < -0.4 is 14.7 Å². The lowest BCUT2D eigenvalue weighted by Gasteiger charge is -2.33. The Morgan fingerprint density at radius 3 is 1.54 bits per heavy atom. The van der Waals surface area contributed by atoms with E-state index in [2.05, 4.69) is 231 Å². The molecule has 0 saturated carbocycles. The lowest BCUT2D eigenvalue weighted by molar-refractivity contribution is -0.108. The lowest BCUT2D eigenvalue weighted by Crippen LogP contribution is -2.31. The van der Waals surface area contributed by atoms with Gasteiger partial charge in [-0.1, -0.05) is 97.1 Å². The zero-order valence-corrected chi connectivity index (χ0v) is 34.5. The van der Waals surface area contributed by atoms with Crippen LogP contribution in [0, 0.1) is 3.57 Å². The molecule has 1 aliphatic heterocycles. The number of para-hydroxylation sites is 3. The third-order valence-corrected chi connectivity index (χ3v) is 13.2. The molecule has 1 spiro atoms. The van der Waals surface area contributed by atoms with Crippen molar-refractivity contribution >= 4 is 68.7 Å². The van der Waals surface area contributed by atoms with Crippen LogP contribution in [0.2, 0.25) is 0 Å². The topological polar surface area (TPSA) is 26.8 Å². The molecule has 1 unspecified atom stereocenters. The predicted octanol–water partition coefficient (Wildman–Crippen LogP) is 13.7. The molecule has 0 amide bonds. The van der Waals surface area contributed by atoms with Crippen LogP contribution in [0.15, 0.2) is 194 Å². The van der Waals surface area contributed by atoms with Gasteiger partial charge in [-0.2, -0.15) is 0 Å². The van der Waals surface area contributed by atoms with E-state index in [4.69, 9.17) is 0 Å². The third kappa shape index (κ3) is 5.66. The van der Waals surface area contributed by atoms with Crippen molar-refractivity contribution in [2.45, 2.75) is 24.3 Å². The van der Waals surface area contributed by atoms with Gasteiger partial charge in [0.2, 0.25) is 0 Å². The predicted molar refractivity (Wildman–Crippen MR) is 251 cm³/mol. The van der Waals surface area contributed by atoms with Gasteiger partial charge in [0.05, 0.1) is 11.5 Å². The van der Waals surface area contributed by atoms with E-state index in [0.717, 1.165) is 65.5 Å². The van der Waals surface area contributed by atoms with Gasteiger partial charge in [0.15, 0.2) is 0 Å². The van der Waals surface area contributed by atoms with Gasteiger partial charge in [0, 0.05) is 49.9 Å². The van der Waals surface area contributed by atoms with Gasteiger partial charge in [0.1, 0.15) is 6.29 Å². The molecule has 59 heavy (non-hydrogen) atoms. The molecule has 8 aromatic rings. The van der Waals surface area contributed by atoms with Crippen molar-refractivity contribution in [3.8, 4) is 22.3 Å².